The Morgan fingerprint density at radius 1 is 0.708 bits per heavy atom. The van der Waals surface area contributed by atoms with Crippen LogP contribution in [0.15, 0.2) is 0 Å². The Labute approximate surface area is 195 Å². The monoisotopic (exact) mass is 362 g/mol. The fourth-order valence-corrected chi connectivity index (χ4v) is 2.52. The number of hydrogen-bond acceptors (Lipinski definition) is 3. The average molecular weight is 362 g/mol. The van der Waals surface area contributed by atoms with Crippen LogP contribution >= 0.6 is 0 Å². The van der Waals surface area contributed by atoms with Gasteiger partial charge in [0.15, 0.2) is 0 Å². The number of carbonyl (C=O) groups is 2. The molecule has 0 aliphatic rings. The largest absolute Gasteiger partial charge is 1.00 e. The molecular weight excluding hydrogens is 326 g/mol. The van der Waals surface area contributed by atoms with Gasteiger partial charge in [-0.1, -0.05) is 90.4 Å². The Balaban J connectivity index is -0.000000367. The summed E-state index contributed by atoms with van der Waals surface area (Å²) in [7, 11) is 0. The third-order valence-electron chi connectivity index (χ3n) is 3.91. The van der Waals surface area contributed by atoms with E-state index in [0.29, 0.717) is 0 Å². The minimum absolute atomic E-state index is 0. The number of rotatable bonds is 15. The first-order chi connectivity index (χ1) is 10.7. The number of carbonyl (C=O) groups excluding carboxylic acids is 1. The topological polar surface area (TPSA) is 63.6 Å². The predicted molar refractivity (Wildman–Crippen MR) is 91.1 cm³/mol. The van der Waals surface area contributed by atoms with Crippen LogP contribution in [0.4, 0.5) is 0 Å². The van der Waals surface area contributed by atoms with Crippen LogP contribution in [0, 0.1) is 0 Å². The quantitative estimate of drug-likeness (QED) is 0.182. The van der Waals surface area contributed by atoms with Crippen molar-refractivity contribution in [2.24, 2.45) is 0 Å². The zero-order valence-electron chi connectivity index (χ0n) is 18.3. The minimum Gasteiger partial charge on any atom is -1.00 e. The summed E-state index contributed by atoms with van der Waals surface area (Å²) < 4.78 is 4.57. The van der Waals surface area contributed by atoms with Crippen LogP contribution in [0.25, 0.3) is 0 Å². The van der Waals surface area contributed by atoms with Crippen molar-refractivity contribution in [3.05, 3.63) is 0 Å². The number of unbranched alkanes of at least 4 members (excludes halogenated alkanes) is 13. The number of carboxylic acid groups (broad SMARTS) is 1. The number of ether oxygens (including phenoxy) is 1. The van der Waals surface area contributed by atoms with Crippen molar-refractivity contribution >= 4 is 11.9 Å². The molecule has 0 amide bonds. The average Bonchev–Trinajstić information content (AvgIpc) is 2.50. The maximum Gasteiger partial charge on any atom is 1.00 e. The molecule has 0 saturated carbocycles. The van der Waals surface area contributed by atoms with E-state index in [-0.39, 0.29) is 68.6 Å². The summed E-state index contributed by atoms with van der Waals surface area (Å²) in [6.07, 6.45) is 17.8. The van der Waals surface area contributed by atoms with Gasteiger partial charge in [-0.3, -0.25) is 0 Å². The minimum atomic E-state index is -1.51. The Morgan fingerprint density at radius 3 is 1.38 bits per heavy atom. The maximum atomic E-state index is 10.7. The van der Waals surface area contributed by atoms with E-state index in [2.05, 4.69) is 11.7 Å². The van der Waals surface area contributed by atoms with Crippen molar-refractivity contribution < 1.29 is 81.4 Å². The van der Waals surface area contributed by atoms with Crippen molar-refractivity contribution in [3.8, 4) is 0 Å². The van der Waals surface area contributed by atoms with E-state index in [1.54, 1.807) is 0 Å². The molecule has 24 heavy (non-hydrogen) atoms. The molecule has 0 aliphatic heterocycles. The number of hydrogen-bond donors (Lipinski definition) is 1. The van der Waals surface area contributed by atoms with Gasteiger partial charge in [-0.25, -0.2) is 9.59 Å². The van der Waals surface area contributed by atoms with E-state index in [9.17, 15) is 9.59 Å². The molecule has 0 heterocycles. The van der Waals surface area contributed by atoms with Crippen LogP contribution in [-0.2, 0) is 14.3 Å². The zero-order chi connectivity index (χ0) is 16.5. The van der Waals surface area contributed by atoms with Gasteiger partial charge in [-0.15, -0.1) is 0 Å². The first-order valence-electron chi connectivity index (χ1n) is 9.08. The first-order valence-corrected chi connectivity index (χ1v) is 9.08. The Kier molecular flexibility index (Phi) is 29.6. The first kappa shape index (κ1) is 29.7. The van der Waals surface area contributed by atoms with E-state index in [1.807, 2.05) is 0 Å². The van der Waals surface area contributed by atoms with E-state index >= 15 is 0 Å². The normalized spacial score (nSPS) is 9.71. The molecular formula is C18H36Na2O4. The summed E-state index contributed by atoms with van der Waals surface area (Å²) in [6, 6.07) is 0. The molecule has 134 valence electrons. The predicted octanol–water partition coefficient (Wildman–Crippen LogP) is -0.671. The molecule has 6 heteroatoms. The van der Waals surface area contributed by atoms with E-state index in [0.717, 1.165) is 19.3 Å². The molecule has 0 spiro atoms. The summed E-state index contributed by atoms with van der Waals surface area (Å²) in [4.78, 5) is 20.9. The van der Waals surface area contributed by atoms with Gasteiger partial charge in [-0.05, 0) is 6.42 Å². The Hall–Kier alpha value is 0.940. The van der Waals surface area contributed by atoms with Crippen molar-refractivity contribution in [2.75, 3.05) is 6.61 Å². The smallest absolute Gasteiger partial charge is 1.00 e. The van der Waals surface area contributed by atoms with Crippen molar-refractivity contribution in [1.29, 1.82) is 0 Å². The van der Waals surface area contributed by atoms with Gasteiger partial charge in [-0.2, -0.15) is 0 Å². The number of carboxylic acids is 1. The van der Waals surface area contributed by atoms with Gasteiger partial charge in [0, 0.05) is 0 Å². The fourth-order valence-electron chi connectivity index (χ4n) is 2.52. The van der Waals surface area contributed by atoms with Crippen molar-refractivity contribution in [3.63, 3.8) is 0 Å². The van der Waals surface area contributed by atoms with Crippen molar-refractivity contribution in [1.82, 2.24) is 0 Å². The van der Waals surface area contributed by atoms with Gasteiger partial charge >= 0.3 is 71.1 Å². The molecule has 0 rings (SSSR count). The van der Waals surface area contributed by atoms with Crippen LogP contribution in [0.5, 0.6) is 0 Å². The fraction of sp³-hybridized carbons (Fsp3) is 0.889. The summed E-state index contributed by atoms with van der Waals surface area (Å²) in [5.41, 5.74) is 0. The molecule has 0 radical (unpaired) electrons. The van der Waals surface area contributed by atoms with Crippen LogP contribution in [-0.4, -0.2) is 23.7 Å². The Morgan fingerprint density at radius 2 is 1.04 bits per heavy atom. The molecule has 4 nitrogen and oxygen atoms in total. The van der Waals surface area contributed by atoms with Crippen LogP contribution in [0.2, 0.25) is 0 Å². The molecule has 0 saturated heterocycles. The summed E-state index contributed by atoms with van der Waals surface area (Å²) in [5.74, 6) is -2.65. The van der Waals surface area contributed by atoms with Crippen LogP contribution in [0.3, 0.4) is 0 Å². The molecule has 0 unspecified atom stereocenters. The standard InChI is InChI=1S/C18H34O4.2Na.2H/c1-2-3-4-5-6-7-8-9-10-11-12-13-14-15-16-22-18(21)17(19)20;;;;/h2-16H2,1H3,(H,19,20);;;;/q;2*+1;2*-1. The van der Waals surface area contributed by atoms with Crippen LogP contribution < -0.4 is 59.1 Å². The molecule has 0 fully saturated rings. The van der Waals surface area contributed by atoms with E-state index in [1.165, 1.54) is 70.6 Å². The maximum absolute atomic E-state index is 10.7. The third kappa shape index (κ3) is 22.9. The molecule has 0 aromatic rings. The Bertz CT molecular complexity index is 296. The zero-order valence-corrected chi connectivity index (χ0v) is 20.3. The van der Waals surface area contributed by atoms with Gasteiger partial charge in [0.1, 0.15) is 0 Å². The number of aliphatic carboxylic acids is 1. The van der Waals surface area contributed by atoms with Gasteiger partial charge < -0.3 is 12.7 Å². The third-order valence-corrected chi connectivity index (χ3v) is 3.91. The summed E-state index contributed by atoms with van der Waals surface area (Å²) in [5, 5.41) is 8.32. The second-order valence-corrected chi connectivity index (χ2v) is 6.04. The van der Waals surface area contributed by atoms with Crippen molar-refractivity contribution in [2.45, 2.75) is 96.8 Å². The second kappa shape index (κ2) is 23.9. The number of esters is 1. The van der Waals surface area contributed by atoms with Gasteiger partial charge in [0.25, 0.3) is 0 Å². The summed E-state index contributed by atoms with van der Waals surface area (Å²) in [6.45, 7) is 2.48. The molecule has 0 aromatic heterocycles. The SMILES string of the molecule is CCCCCCCCCCCCCCCCOC(=O)C(=O)O.[H-].[H-].[Na+].[Na+]. The van der Waals surface area contributed by atoms with Gasteiger partial charge in [0.2, 0.25) is 0 Å². The molecule has 0 atom stereocenters. The van der Waals surface area contributed by atoms with E-state index in [4.69, 9.17) is 5.11 Å². The molecule has 0 aliphatic carbocycles. The van der Waals surface area contributed by atoms with Crippen LogP contribution in [0.1, 0.15) is 99.7 Å². The van der Waals surface area contributed by atoms with E-state index < -0.39 is 11.9 Å². The second-order valence-electron chi connectivity index (χ2n) is 6.04. The van der Waals surface area contributed by atoms with Gasteiger partial charge in [0.05, 0.1) is 6.61 Å². The molecule has 0 aromatic carbocycles. The molecule has 0 bridgehead atoms. The summed E-state index contributed by atoms with van der Waals surface area (Å²) >= 11 is 0. The molecule has 1 N–H and O–H groups in total.